The zero-order valence-electron chi connectivity index (χ0n) is 13.1. The van der Waals surface area contributed by atoms with Gasteiger partial charge >= 0.3 is 0 Å². The van der Waals surface area contributed by atoms with E-state index < -0.39 is 0 Å². The maximum Gasteiger partial charge on any atom is 0.146 e. The summed E-state index contributed by atoms with van der Waals surface area (Å²) in [6.45, 7) is 5.94. The molecule has 4 nitrogen and oxygen atoms in total. The molecule has 1 N–H and O–H groups in total. The molecule has 2 aromatic rings. The smallest absolute Gasteiger partial charge is 0.146 e. The van der Waals surface area contributed by atoms with E-state index in [-0.39, 0.29) is 0 Å². The van der Waals surface area contributed by atoms with Crippen LogP contribution >= 0.6 is 0 Å². The lowest BCUT2D eigenvalue weighted by Crippen LogP contribution is -2.24. The Hall–Kier alpha value is -1.94. The average Bonchev–Trinajstić information content (AvgIpc) is 2.52. The Morgan fingerprint density at radius 2 is 1.86 bits per heavy atom. The van der Waals surface area contributed by atoms with Crippen molar-refractivity contribution in [3.63, 3.8) is 0 Å². The van der Waals surface area contributed by atoms with Crippen molar-refractivity contribution in [1.29, 1.82) is 0 Å². The number of nitrogens with one attached hydrogen (secondary N) is 1. The van der Waals surface area contributed by atoms with Crippen LogP contribution in [0.3, 0.4) is 0 Å². The third-order valence-corrected chi connectivity index (χ3v) is 3.35. The molecule has 0 amide bonds. The number of benzene rings is 1. The number of anilines is 1. The van der Waals surface area contributed by atoms with Gasteiger partial charge in [-0.1, -0.05) is 44.2 Å². The van der Waals surface area contributed by atoms with E-state index in [1.54, 1.807) is 0 Å². The van der Waals surface area contributed by atoms with E-state index in [2.05, 4.69) is 65.3 Å². The first-order valence-corrected chi connectivity index (χ1v) is 7.44. The fourth-order valence-electron chi connectivity index (χ4n) is 2.00. The lowest BCUT2D eigenvalue weighted by atomic mass is 10.1. The third kappa shape index (κ3) is 5.16. The van der Waals surface area contributed by atoms with E-state index in [0.717, 1.165) is 31.0 Å². The molecule has 4 heteroatoms. The Labute approximate surface area is 127 Å². The van der Waals surface area contributed by atoms with Gasteiger partial charge < -0.3 is 10.2 Å². The highest BCUT2D eigenvalue weighted by Crippen LogP contribution is 2.08. The molecule has 0 fully saturated rings. The number of likely N-dealkylation sites (N-methyl/N-ethyl adjacent to an activating group) is 1. The molecule has 0 aliphatic carbocycles. The summed E-state index contributed by atoms with van der Waals surface area (Å²) in [5.41, 5.74) is 2.32. The van der Waals surface area contributed by atoms with Gasteiger partial charge in [-0.15, -0.1) is 0 Å². The number of hydrogen-bond donors (Lipinski definition) is 1. The van der Waals surface area contributed by atoms with Crippen LogP contribution < -0.4 is 10.2 Å². The standard InChI is InChI=1S/C17H24N4/c1-14(2)18-11-16-12-20-17(13-19-16)21(3)10-9-15-7-5-4-6-8-15/h4-8,12-14,18H,9-11H2,1-3H3. The van der Waals surface area contributed by atoms with Crippen LogP contribution in [0.25, 0.3) is 0 Å². The van der Waals surface area contributed by atoms with Crippen LogP contribution in [0.15, 0.2) is 42.7 Å². The van der Waals surface area contributed by atoms with Gasteiger partial charge in [0, 0.05) is 26.2 Å². The van der Waals surface area contributed by atoms with Crippen molar-refractivity contribution in [2.24, 2.45) is 0 Å². The zero-order chi connectivity index (χ0) is 15.1. The van der Waals surface area contributed by atoms with E-state index in [4.69, 9.17) is 0 Å². The van der Waals surface area contributed by atoms with Crippen molar-refractivity contribution in [3.8, 4) is 0 Å². The molecule has 0 atom stereocenters. The van der Waals surface area contributed by atoms with Crippen molar-refractivity contribution in [2.45, 2.75) is 32.9 Å². The number of hydrogen-bond acceptors (Lipinski definition) is 4. The number of nitrogens with zero attached hydrogens (tertiary/aromatic N) is 3. The highest BCUT2D eigenvalue weighted by molar-refractivity contribution is 5.35. The minimum Gasteiger partial charge on any atom is -0.358 e. The molecular weight excluding hydrogens is 260 g/mol. The molecule has 1 heterocycles. The molecule has 112 valence electrons. The summed E-state index contributed by atoms with van der Waals surface area (Å²) in [6, 6.07) is 11.0. The SMILES string of the molecule is CC(C)NCc1cnc(N(C)CCc2ccccc2)cn1. The summed E-state index contributed by atoms with van der Waals surface area (Å²) in [5, 5.41) is 3.34. The fourth-order valence-corrected chi connectivity index (χ4v) is 2.00. The number of aromatic nitrogens is 2. The predicted molar refractivity (Wildman–Crippen MR) is 87.4 cm³/mol. The molecular formula is C17H24N4. The lowest BCUT2D eigenvalue weighted by molar-refractivity contribution is 0.580. The molecule has 0 aliphatic heterocycles. The van der Waals surface area contributed by atoms with Crippen LogP contribution in [0.5, 0.6) is 0 Å². The highest BCUT2D eigenvalue weighted by Gasteiger charge is 2.04. The van der Waals surface area contributed by atoms with E-state index in [0.29, 0.717) is 6.04 Å². The summed E-state index contributed by atoms with van der Waals surface area (Å²) in [4.78, 5) is 11.1. The molecule has 0 aliphatic rings. The molecule has 21 heavy (non-hydrogen) atoms. The van der Waals surface area contributed by atoms with Crippen LogP contribution in [-0.2, 0) is 13.0 Å². The highest BCUT2D eigenvalue weighted by atomic mass is 15.2. The van der Waals surface area contributed by atoms with Crippen LogP contribution in [-0.4, -0.2) is 29.6 Å². The summed E-state index contributed by atoms with van der Waals surface area (Å²) in [5.74, 6) is 0.916. The molecule has 1 aromatic heterocycles. The van der Waals surface area contributed by atoms with Gasteiger partial charge in [-0.2, -0.15) is 0 Å². The van der Waals surface area contributed by atoms with E-state index in [9.17, 15) is 0 Å². The third-order valence-electron chi connectivity index (χ3n) is 3.35. The Balaban J connectivity index is 1.86. The second kappa shape index (κ2) is 7.74. The quantitative estimate of drug-likeness (QED) is 0.848. The second-order valence-corrected chi connectivity index (χ2v) is 5.56. The van der Waals surface area contributed by atoms with Crippen molar-refractivity contribution >= 4 is 5.82 Å². The summed E-state index contributed by atoms with van der Waals surface area (Å²) >= 11 is 0. The average molecular weight is 284 g/mol. The Morgan fingerprint density at radius 3 is 2.48 bits per heavy atom. The lowest BCUT2D eigenvalue weighted by Gasteiger charge is -2.18. The number of rotatable bonds is 7. The van der Waals surface area contributed by atoms with Gasteiger partial charge in [0.2, 0.25) is 0 Å². The monoisotopic (exact) mass is 284 g/mol. The van der Waals surface area contributed by atoms with Gasteiger partial charge in [0.15, 0.2) is 0 Å². The normalized spacial score (nSPS) is 10.9. The van der Waals surface area contributed by atoms with Crippen molar-refractivity contribution in [2.75, 3.05) is 18.5 Å². The molecule has 0 unspecified atom stereocenters. The van der Waals surface area contributed by atoms with Crippen LogP contribution in [0, 0.1) is 0 Å². The Kier molecular flexibility index (Phi) is 5.69. The van der Waals surface area contributed by atoms with Gasteiger partial charge in [0.25, 0.3) is 0 Å². The van der Waals surface area contributed by atoms with E-state index in [1.165, 1.54) is 5.56 Å². The first-order valence-electron chi connectivity index (χ1n) is 7.44. The Bertz CT molecular complexity index is 522. The minimum atomic E-state index is 0.458. The summed E-state index contributed by atoms with van der Waals surface area (Å²) in [7, 11) is 2.05. The van der Waals surface area contributed by atoms with Gasteiger partial charge in [-0.25, -0.2) is 4.98 Å². The molecule has 0 radical (unpaired) electrons. The van der Waals surface area contributed by atoms with Gasteiger partial charge in [-0.05, 0) is 12.0 Å². The molecule has 0 saturated heterocycles. The minimum absolute atomic E-state index is 0.458. The topological polar surface area (TPSA) is 41.1 Å². The Morgan fingerprint density at radius 1 is 1.10 bits per heavy atom. The van der Waals surface area contributed by atoms with Crippen molar-refractivity contribution < 1.29 is 0 Å². The van der Waals surface area contributed by atoms with E-state index >= 15 is 0 Å². The molecule has 1 aromatic carbocycles. The van der Waals surface area contributed by atoms with Crippen LogP contribution in [0.1, 0.15) is 25.1 Å². The van der Waals surface area contributed by atoms with Gasteiger partial charge in [0.1, 0.15) is 5.82 Å². The fraction of sp³-hybridized carbons (Fsp3) is 0.412. The molecule has 0 saturated carbocycles. The van der Waals surface area contributed by atoms with Crippen LogP contribution in [0.4, 0.5) is 5.82 Å². The maximum atomic E-state index is 4.49. The summed E-state index contributed by atoms with van der Waals surface area (Å²) in [6.07, 6.45) is 4.71. The first kappa shape index (κ1) is 15.4. The zero-order valence-corrected chi connectivity index (χ0v) is 13.1. The van der Waals surface area contributed by atoms with E-state index in [1.807, 2.05) is 18.5 Å². The van der Waals surface area contributed by atoms with Crippen molar-refractivity contribution in [3.05, 3.63) is 54.0 Å². The molecule has 2 rings (SSSR count). The predicted octanol–water partition coefficient (Wildman–Crippen LogP) is 2.65. The van der Waals surface area contributed by atoms with Crippen molar-refractivity contribution in [1.82, 2.24) is 15.3 Å². The maximum absolute atomic E-state index is 4.49. The van der Waals surface area contributed by atoms with Crippen LogP contribution in [0.2, 0.25) is 0 Å². The van der Waals surface area contributed by atoms with Gasteiger partial charge in [0.05, 0.1) is 18.1 Å². The molecule has 0 spiro atoms. The summed E-state index contributed by atoms with van der Waals surface area (Å²) < 4.78 is 0. The van der Waals surface area contributed by atoms with Gasteiger partial charge in [-0.3, -0.25) is 4.98 Å². The second-order valence-electron chi connectivity index (χ2n) is 5.56. The largest absolute Gasteiger partial charge is 0.358 e. The first-order chi connectivity index (χ1) is 10.1. The molecule has 0 bridgehead atoms.